The minimum Gasteiger partial charge on any atom is -0.496 e. The number of carbonyl (C=O) groups is 3. The summed E-state index contributed by atoms with van der Waals surface area (Å²) in [6.45, 7) is 0. The maximum atomic E-state index is 13.1. The molecule has 0 spiro atoms. The van der Waals surface area contributed by atoms with Gasteiger partial charge in [0.05, 0.1) is 18.6 Å². The summed E-state index contributed by atoms with van der Waals surface area (Å²) in [5.41, 5.74) is 2.72. The van der Waals surface area contributed by atoms with Gasteiger partial charge in [-0.25, -0.2) is 4.98 Å². The Labute approximate surface area is 260 Å². The van der Waals surface area contributed by atoms with E-state index < -0.39 is 5.91 Å². The van der Waals surface area contributed by atoms with E-state index in [0.29, 0.717) is 22.1 Å². The molecule has 5 aromatic rings. The largest absolute Gasteiger partial charge is 0.496 e. The number of methoxy groups -OCH3 is 1. The number of rotatable bonds is 11. The summed E-state index contributed by atoms with van der Waals surface area (Å²) < 4.78 is 5.40. The minimum absolute atomic E-state index is 0.127. The van der Waals surface area contributed by atoms with Crippen molar-refractivity contribution in [2.75, 3.05) is 23.5 Å². The van der Waals surface area contributed by atoms with E-state index in [4.69, 9.17) is 4.74 Å². The van der Waals surface area contributed by atoms with Gasteiger partial charge in [-0.05, 0) is 66.1 Å². The van der Waals surface area contributed by atoms with Gasteiger partial charge in [0.15, 0.2) is 5.13 Å². The van der Waals surface area contributed by atoms with Crippen LogP contribution in [-0.2, 0) is 9.59 Å². The van der Waals surface area contributed by atoms with E-state index in [1.54, 1.807) is 49.6 Å². The number of nitrogens with one attached hydrogen (secondary N) is 3. The van der Waals surface area contributed by atoms with Crippen LogP contribution < -0.4 is 20.7 Å². The van der Waals surface area contributed by atoms with E-state index in [-0.39, 0.29) is 23.3 Å². The van der Waals surface area contributed by atoms with Crippen molar-refractivity contribution in [3.63, 3.8) is 0 Å². The molecule has 2 heterocycles. The van der Waals surface area contributed by atoms with Gasteiger partial charge in [0.25, 0.3) is 11.8 Å². The zero-order chi connectivity index (χ0) is 30.0. The van der Waals surface area contributed by atoms with Gasteiger partial charge >= 0.3 is 0 Å². The van der Waals surface area contributed by atoms with Crippen molar-refractivity contribution >= 4 is 69.1 Å². The highest BCUT2D eigenvalue weighted by Gasteiger charge is 2.16. The lowest BCUT2D eigenvalue weighted by Gasteiger charge is -2.11. The summed E-state index contributed by atoms with van der Waals surface area (Å²) in [5, 5.41) is 12.7. The number of nitrogens with zero attached hydrogens (tertiary/aromatic N) is 1. The number of thiophene rings is 1. The van der Waals surface area contributed by atoms with Crippen molar-refractivity contribution in [2.24, 2.45) is 0 Å². The summed E-state index contributed by atoms with van der Waals surface area (Å²) in [5.74, 6) is -0.103. The van der Waals surface area contributed by atoms with Gasteiger partial charge in [-0.3, -0.25) is 14.4 Å². The predicted octanol–water partition coefficient (Wildman–Crippen LogP) is 7.02. The van der Waals surface area contributed by atoms with Gasteiger partial charge < -0.3 is 20.7 Å². The summed E-state index contributed by atoms with van der Waals surface area (Å²) in [6.07, 6.45) is 1.64. The average molecular weight is 627 g/mol. The molecule has 0 saturated heterocycles. The zero-order valence-electron chi connectivity index (χ0n) is 22.9. The molecule has 0 unspecified atom stereocenters. The number of hydrogen-bond donors (Lipinski definition) is 3. The third kappa shape index (κ3) is 8.19. The molecular formula is C32H26N4O4S3. The van der Waals surface area contributed by atoms with Crippen molar-refractivity contribution in [3.8, 4) is 17.0 Å². The molecule has 5 rings (SSSR count). The SMILES string of the molecule is COc1ccccc1-c1csc(NC(=O)CSc2ccc(NC(=O)/C(=C/c3cccs3)NC(=O)c3ccccc3)cc2)n1. The first-order valence-electron chi connectivity index (χ1n) is 13.0. The maximum Gasteiger partial charge on any atom is 0.272 e. The van der Waals surface area contributed by atoms with Crippen LogP contribution in [0.4, 0.5) is 10.8 Å². The Morgan fingerprint density at radius 1 is 0.884 bits per heavy atom. The number of hydrogen-bond acceptors (Lipinski definition) is 8. The molecule has 0 aliphatic heterocycles. The highest BCUT2D eigenvalue weighted by Crippen LogP contribution is 2.32. The smallest absolute Gasteiger partial charge is 0.272 e. The average Bonchev–Trinajstić information content (AvgIpc) is 3.73. The second kappa shape index (κ2) is 14.5. The summed E-state index contributed by atoms with van der Waals surface area (Å²) >= 11 is 4.17. The molecule has 11 heteroatoms. The number of para-hydroxylation sites is 1. The van der Waals surface area contributed by atoms with Crippen molar-refractivity contribution in [1.29, 1.82) is 0 Å². The van der Waals surface area contributed by atoms with Gasteiger partial charge in [0, 0.05) is 32.0 Å². The minimum atomic E-state index is -0.451. The topological polar surface area (TPSA) is 109 Å². The lowest BCUT2D eigenvalue weighted by molar-refractivity contribution is -0.114. The molecule has 0 bridgehead atoms. The number of amides is 3. The number of thioether (sulfide) groups is 1. The number of ether oxygens (including phenoxy) is 1. The Hall–Kier alpha value is -4.71. The van der Waals surface area contributed by atoms with Gasteiger partial charge in [0.1, 0.15) is 11.4 Å². The molecule has 0 aliphatic rings. The fourth-order valence-corrected chi connectivity index (χ4v) is 5.99. The third-order valence-electron chi connectivity index (χ3n) is 5.97. The van der Waals surface area contributed by atoms with Gasteiger partial charge in [-0.2, -0.15) is 0 Å². The molecule has 0 fully saturated rings. The highest BCUT2D eigenvalue weighted by molar-refractivity contribution is 8.00. The van der Waals surface area contributed by atoms with Crippen LogP contribution >= 0.6 is 34.4 Å². The lowest BCUT2D eigenvalue weighted by Crippen LogP contribution is -2.30. The fourth-order valence-electron chi connectivity index (χ4n) is 3.91. The lowest BCUT2D eigenvalue weighted by atomic mass is 10.1. The van der Waals surface area contributed by atoms with Crippen molar-refractivity contribution in [2.45, 2.75) is 4.90 Å². The van der Waals surface area contributed by atoms with Gasteiger partial charge in [-0.15, -0.1) is 34.4 Å². The van der Waals surface area contributed by atoms with Crippen LogP contribution in [0.5, 0.6) is 5.75 Å². The molecule has 0 saturated carbocycles. The van der Waals surface area contributed by atoms with Crippen molar-refractivity contribution < 1.29 is 19.1 Å². The number of aromatic nitrogens is 1. The molecule has 3 amide bonds. The van der Waals surface area contributed by atoms with Crippen LogP contribution in [0.15, 0.2) is 112 Å². The summed E-state index contributed by atoms with van der Waals surface area (Å²) in [7, 11) is 1.61. The fraction of sp³-hybridized carbons (Fsp3) is 0.0625. The second-order valence-corrected chi connectivity index (χ2v) is 11.8. The highest BCUT2D eigenvalue weighted by atomic mass is 32.2. The van der Waals surface area contributed by atoms with E-state index in [9.17, 15) is 14.4 Å². The van der Waals surface area contributed by atoms with Crippen LogP contribution in [0, 0.1) is 0 Å². The monoisotopic (exact) mass is 626 g/mol. The summed E-state index contributed by atoms with van der Waals surface area (Å²) in [4.78, 5) is 44.7. The van der Waals surface area contributed by atoms with E-state index in [2.05, 4.69) is 20.9 Å². The Bertz CT molecular complexity index is 1730. The molecule has 0 atom stereocenters. The molecule has 0 radical (unpaired) electrons. The van der Waals surface area contributed by atoms with E-state index in [1.165, 1.54) is 34.4 Å². The Morgan fingerprint density at radius 2 is 1.65 bits per heavy atom. The van der Waals surface area contributed by atoms with Crippen LogP contribution in [0.2, 0.25) is 0 Å². The van der Waals surface area contributed by atoms with Crippen LogP contribution in [0.1, 0.15) is 15.2 Å². The molecule has 3 aromatic carbocycles. The van der Waals surface area contributed by atoms with E-state index in [0.717, 1.165) is 21.0 Å². The molecule has 0 aliphatic carbocycles. The second-order valence-electron chi connectivity index (χ2n) is 8.95. The normalized spacial score (nSPS) is 11.0. The van der Waals surface area contributed by atoms with Crippen molar-refractivity contribution in [1.82, 2.24) is 10.3 Å². The van der Waals surface area contributed by atoms with Crippen LogP contribution in [0.25, 0.3) is 17.3 Å². The van der Waals surface area contributed by atoms with Gasteiger partial charge in [0.2, 0.25) is 5.91 Å². The van der Waals surface area contributed by atoms with Crippen molar-refractivity contribution in [3.05, 3.63) is 118 Å². The van der Waals surface area contributed by atoms with Gasteiger partial charge in [-0.1, -0.05) is 36.4 Å². The molecule has 216 valence electrons. The molecule has 43 heavy (non-hydrogen) atoms. The summed E-state index contributed by atoms with van der Waals surface area (Å²) in [6, 6.07) is 27.2. The molecule has 8 nitrogen and oxygen atoms in total. The standard InChI is InChI=1S/C32H26N4O4S3/c1-40-28-12-6-5-11-25(28)27-19-43-32(35-27)36-29(37)20-42-23-15-13-22(14-16-23)33-31(39)26(18-24-10-7-17-41-24)34-30(38)21-8-3-2-4-9-21/h2-19H,20H2,1H3,(H,33,39)(H,34,38)(H,35,36,37)/b26-18-. The predicted molar refractivity (Wildman–Crippen MR) is 175 cm³/mol. The Balaban J connectivity index is 1.16. The molecule has 2 aromatic heterocycles. The maximum absolute atomic E-state index is 13.1. The van der Waals surface area contributed by atoms with E-state index >= 15 is 0 Å². The van der Waals surface area contributed by atoms with Crippen LogP contribution in [0.3, 0.4) is 0 Å². The first-order valence-corrected chi connectivity index (χ1v) is 15.8. The number of anilines is 2. The third-order valence-corrected chi connectivity index (χ3v) is 8.56. The Kier molecular flexibility index (Phi) is 10.0. The molecular weight excluding hydrogens is 601 g/mol. The first-order chi connectivity index (χ1) is 21.0. The first kappa shape index (κ1) is 29.8. The number of carbonyl (C=O) groups excluding carboxylic acids is 3. The quantitative estimate of drug-likeness (QED) is 0.107. The zero-order valence-corrected chi connectivity index (χ0v) is 25.4. The number of thiazole rings is 1. The molecule has 3 N–H and O–H groups in total. The Morgan fingerprint density at radius 3 is 2.40 bits per heavy atom. The number of benzene rings is 3. The van der Waals surface area contributed by atoms with Crippen LogP contribution in [-0.4, -0.2) is 35.6 Å². The van der Waals surface area contributed by atoms with E-state index in [1.807, 2.05) is 65.4 Å².